The zero-order valence-electron chi connectivity index (χ0n) is 6.83. The molecule has 0 heterocycles. The second-order valence-electron chi connectivity index (χ2n) is 3.13. The van der Waals surface area contributed by atoms with Gasteiger partial charge in [0.05, 0.1) is 5.60 Å². The molecule has 11 heavy (non-hydrogen) atoms. The van der Waals surface area contributed by atoms with Crippen LogP contribution >= 0.6 is 0 Å². The third-order valence-corrected chi connectivity index (χ3v) is 0.848. The average Bonchev–Trinajstić information content (AvgIpc) is 1.80. The molecule has 0 aliphatic carbocycles. The highest BCUT2D eigenvalue weighted by Crippen LogP contribution is 2.09. The van der Waals surface area contributed by atoms with E-state index in [0.29, 0.717) is 0 Å². The Hall–Kier alpha value is -0.900. The van der Waals surface area contributed by atoms with Crippen molar-refractivity contribution in [1.29, 1.82) is 0 Å². The number of carbonyl (C=O) groups excluding carboxylic acids is 1. The predicted molar refractivity (Wildman–Crippen MR) is 38.3 cm³/mol. The van der Waals surface area contributed by atoms with Crippen molar-refractivity contribution < 1.29 is 19.4 Å². The van der Waals surface area contributed by atoms with Crippen LogP contribution in [0.3, 0.4) is 0 Å². The lowest BCUT2D eigenvalue weighted by atomic mass is 10.2. The number of carbonyl (C=O) groups is 2. The zero-order chi connectivity index (χ0) is 9.07. The van der Waals surface area contributed by atoms with E-state index in [9.17, 15) is 9.59 Å². The van der Waals surface area contributed by atoms with E-state index in [-0.39, 0.29) is 6.29 Å². The summed E-state index contributed by atoms with van der Waals surface area (Å²) in [7, 11) is 0. The number of hydrogen-bond donors (Lipinski definition) is 1. The third kappa shape index (κ3) is 4.50. The molecule has 0 amide bonds. The second-order valence-corrected chi connectivity index (χ2v) is 3.13. The van der Waals surface area contributed by atoms with Crippen molar-refractivity contribution in [3.63, 3.8) is 0 Å². The quantitative estimate of drug-likeness (QED) is 0.481. The van der Waals surface area contributed by atoms with Gasteiger partial charge in [0.2, 0.25) is 6.10 Å². The van der Waals surface area contributed by atoms with Crippen molar-refractivity contribution in [3.05, 3.63) is 0 Å². The van der Waals surface area contributed by atoms with Crippen molar-refractivity contribution in [3.8, 4) is 0 Å². The molecule has 0 aromatic rings. The van der Waals surface area contributed by atoms with Crippen LogP contribution in [0.1, 0.15) is 20.8 Å². The lowest BCUT2D eigenvalue weighted by molar-refractivity contribution is -0.161. The van der Waals surface area contributed by atoms with E-state index in [0.717, 1.165) is 0 Å². The number of aldehydes is 1. The van der Waals surface area contributed by atoms with E-state index in [1.165, 1.54) is 0 Å². The minimum absolute atomic E-state index is 0.271. The molecule has 1 unspecified atom stereocenters. The predicted octanol–water partition coefficient (Wildman–Crippen LogP) is 0.454. The molecule has 1 N–H and O–H groups in total. The fourth-order valence-electron chi connectivity index (χ4n) is 0.517. The van der Waals surface area contributed by atoms with E-state index in [2.05, 4.69) is 0 Å². The Morgan fingerprint density at radius 2 is 2.00 bits per heavy atom. The maximum atomic E-state index is 10.3. The molecule has 0 radical (unpaired) electrons. The second kappa shape index (κ2) is 3.48. The van der Waals surface area contributed by atoms with E-state index < -0.39 is 17.7 Å². The highest BCUT2D eigenvalue weighted by molar-refractivity contribution is 5.89. The monoisotopic (exact) mass is 160 g/mol. The standard InChI is InChI=1S/C7H12O4/c1-7(2,3)11-5(4-8)6(9)10/h4-5H,1-3H3,(H,9,10). The van der Waals surface area contributed by atoms with E-state index >= 15 is 0 Å². The van der Waals surface area contributed by atoms with Gasteiger partial charge in [-0.2, -0.15) is 0 Å². The molecule has 0 aliphatic heterocycles. The number of carboxylic acids is 1. The summed E-state index contributed by atoms with van der Waals surface area (Å²) in [6, 6.07) is 0. The Balaban J connectivity index is 4.10. The van der Waals surface area contributed by atoms with Crippen LogP contribution < -0.4 is 0 Å². The summed E-state index contributed by atoms with van der Waals surface area (Å²) in [4.78, 5) is 20.4. The Kier molecular flexibility index (Phi) is 3.19. The van der Waals surface area contributed by atoms with Crippen LogP contribution in [0.4, 0.5) is 0 Å². The van der Waals surface area contributed by atoms with Crippen LogP contribution in [-0.2, 0) is 14.3 Å². The summed E-state index contributed by atoms with van der Waals surface area (Å²) in [6.45, 7) is 5.06. The maximum absolute atomic E-state index is 10.3. The van der Waals surface area contributed by atoms with Crippen molar-refractivity contribution in [2.24, 2.45) is 0 Å². The molecule has 0 fully saturated rings. The molecule has 1 atom stereocenters. The van der Waals surface area contributed by atoms with Gasteiger partial charge in [0, 0.05) is 0 Å². The number of hydrogen-bond acceptors (Lipinski definition) is 3. The first-order valence-corrected chi connectivity index (χ1v) is 3.23. The molecule has 0 aromatic carbocycles. The smallest absolute Gasteiger partial charge is 0.340 e. The normalized spacial score (nSPS) is 14.1. The van der Waals surface area contributed by atoms with Gasteiger partial charge in [-0.3, -0.25) is 4.79 Å². The minimum atomic E-state index is -1.35. The summed E-state index contributed by atoms with van der Waals surface area (Å²) in [5, 5.41) is 8.38. The largest absolute Gasteiger partial charge is 0.479 e. The molecule has 0 aromatic heterocycles. The Morgan fingerprint density at radius 3 is 2.09 bits per heavy atom. The van der Waals surface area contributed by atoms with Crippen molar-refractivity contribution in [2.45, 2.75) is 32.5 Å². The van der Waals surface area contributed by atoms with Gasteiger partial charge < -0.3 is 9.84 Å². The highest BCUT2D eigenvalue weighted by Gasteiger charge is 2.23. The summed E-state index contributed by atoms with van der Waals surface area (Å²) in [5.74, 6) is -1.25. The lowest BCUT2D eigenvalue weighted by Crippen LogP contribution is -2.34. The Bertz CT molecular complexity index is 156. The van der Waals surface area contributed by atoms with Gasteiger partial charge in [0.15, 0.2) is 6.29 Å². The van der Waals surface area contributed by atoms with E-state index in [1.807, 2.05) is 0 Å². The third-order valence-electron chi connectivity index (χ3n) is 0.848. The molecule has 0 saturated carbocycles. The molecular weight excluding hydrogens is 148 g/mol. The van der Waals surface area contributed by atoms with Gasteiger partial charge in [0.25, 0.3) is 0 Å². The fourth-order valence-corrected chi connectivity index (χ4v) is 0.517. The fraction of sp³-hybridized carbons (Fsp3) is 0.714. The van der Waals surface area contributed by atoms with Gasteiger partial charge in [-0.15, -0.1) is 0 Å². The number of carboxylic acid groups (broad SMARTS) is 1. The van der Waals surface area contributed by atoms with E-state index in [1.54, 1.807) is 20.8 Å². The van der Waals surface area contributed by atoms with Gasteiger partial charge in [-0.1, -0.05) is 0 Å². The summed E-state index contributed by atoms with van der Waals surface area (Å²) < 4.78 is 4.88. The molecule has 64 valence electrons. The van der Waals surface area contributed by atoms with Gasteiger partial charge >= 0.3 is 5.97 Å². The van der Waals surface area contributed by atoms with Gasteiger partial charge in [-0.25, -0.2) is 4.79 Å². The summed E-state index contributed by atoms with van der Waals surface area (Å²) in [6.07, 6.45) is -1.08. The van der Waals surface area contributed by atoms with Crippen LogP contribution in [0.15, 0.2) is 0 Å². The molecule has 4 nitrogen and oxygen atoms in total. The molecular formula is C7H12O4. The van der Waals surface area contributed by atoms with E-state index in [4.69, 9.17) is 9.84 Å². The SMILES string of the molecule is CC(C)(C)OC(C=O)C(=O)O. The van der Waals surface area contributed by atoms with Crippen LogP contribution in [0, 0.1) is 0 Å². The van der Waals surface area contributed by atoms with Crippen LogP contribution in [0.25, 0.3) is 0 Å². The van der Waals surface area contributed by atoms with Crippen LogP contribution in [0.5, 0.6) is 0 Å². The van der Waals surface area contributed by atoms with Crippen molar-refractivity contribution >= 4 is 12.3 Å². The minimum Gasteiger partial charge on any atom is -0.479 e. The molecule has 0 spiro atoms. The molecule has 0 bridgehead atoms. The Labute approximate surface area is 65.2 Å². The summed E-state index contributed by atoms with van der Waals surface area (Å²) in [5.41, 5.74) is -0.607. The topological polar surface area (TPSA) is 63.6 Å². The van der Waals surface area contributed by atoms with Crippen molar-refractivity contribution in [2.75, 3.05) is 0 Å². The highest BCUT2D eigenvalue weighted by atomic mass is 16.5. The first kappa shape index (κ1) is 10.1. The van der Waals surface area contributed by atoms with Crippen molar-refractivity contribution in [1.82, 2.24) is 0 Å². The Morgan fingerprint density at radius 1 is 1.55 bits per heavy atom. The molecule has 4 heteroatoms. The molecule has 0 aliphatic rings. The average molecular weight is 160 g/mol. The van der Waals surface area contributed by atoms with Crippen LogP contribution in [0.2, 0.25) is 0 Å². The first-order chi connectivity index (χ1) is 4.87. The number of ether oxygens (including phenoxy) is 1. The maximum Gasteiger partial charge on any atom is 0.340 e. The zero-order valence-corrected chi connectivity index (χ0v) is 6.83. The number of rotatable bonds is 3. The van der Waals surface area contributed by atoms with Crippen LogP contribution in [-0.4, -0.2) is 29.1 Å². The summed E-state index contributed by atoms with van der Waals surface area (Å²) >= 11 is 0. The molecule has 0 rings (SSSR count). The number of aliphatic carboxylic acids is 1. The van der Waals surface area contributed by atoms with Gasteiger partial charge in [-0.05, 0) is 20.8 Å². The molecule has 0 saturated heterocycles. The first-order valence-electron chi connectivity index (χ1n) is 3.23. The van der Waals surface area contributed by atoms with Gasteiger partial charge in [0.1, 0.15) is 0 Å². The lowest BCUT2D eigenvalue weighted by Gasteiger charge is -2.21.